The highest BCUT2D eigenvalue weighted by Crippen LogP contribution is 2.25. The fourth-order valence-corrected chi connectivity index (χ4v) is 1.60. The SMILES string of the molecule is COC(=O)c1cncc(Oc2ccc(Br)cc2F)n1. The highest BCUT2D eigenvalue weighted by Gasteiger charge is 2.11. The Morgan fingerprint density at radius 3 is 2.84 bits per heavy atom. The fraction of sp³-hybridized carbons (Fsp3) is 0.0833. The number of carbonyl (C=O) groups is 1. The van der Waals surface area contributed by atoms with Crippen molar-refractivity contribution in [3.63, 3.8) is 0 Å². The molecule has 0 radical (unpaired) electrons. The van der Waals surface area contributed by atoms with Crippen LogP contribution in [0.1, 0.15) is 10.5 Å². The molecule has 0 bridgehead atoms. The van der Waals surface area contributed by atoms with Crippen molar-refractivity contribution in [2.75, 3.05) is 7.11 Å². The summed E-state index contributed by atoms with van der Waals surface area (Å²) in [4.78, 5) is 18.9. The second-order valence-corrected chi connectivity index (χ2v) is 4.33. The molecule has 0 saturated carbocycles. The number of hydrogen-bond donors (Lipinski definition) is 0. The Bertz CT molecular complexity index is 622. The molecule has 1 aromatic carbocycles. The van der Waals surface area contributed by atoms with Crippen molar-refractivity contribution in [2.24, 2.45) is 0 Å². The lowest BCUT2D eigenvalue weighted by Crippen LogP contribution is -2.05. The Morgan fingerprint density at radius 1 is 1.37 bits per heavy atom. The van der Waals surface area contributed by atoms with Crippen LogP contribution in [0.5, 0.6) is 11.6 Å². The van der Waals surface area contributed by atoms with Gasteiger partial charge in [0.2, 0.25) is 5.88 Å². The van der Waals surface area contributed by atoms with Gasteiger partial charge in [0.1, 0.15) is 0 Å². The predicted octanol–water partition coefficient (Wildman–Crippen LogP) is 2.96. The average molecular weight is 327 g/mol. The molecule has 0 aliphatic heterocycles. The van der Waals surface area contributed by atoms with Crippen molar-refractivity contribution in [1.29, 1.82) is 0 Å². The largest absolute Gasteiger partial charge is 0.464 e. The van der Waals surface area contributed by atoms with Gasteiger partial charge in [-0.05, 0) is 18.2 Å². The van der Waals surface area contributed by atoms with E-state index in [2.05, 4.69) is 30.6 Å². The number of rotatable bonds is 3. The first-order valence-corrected chi connectivity index (χ1v) is 5.92. The van der Waals surface area contributed by atoms with E-state index in [1.54, 1.807) is 6.07 Å². The number of benzene rings is 1. The number of aromatic nitrogens is 2. The summed E-state index contributed by atoms with van der Waals surface area (Å²) in [7, 11) is 1.23. The third kappa shape index (κ3) is 3.25. The molecule has 7 heteroatoms. The van der Waals surface area contributed by atoms with Crippen molar-refractivity contribution in [1.82, 2.24) is 9.97 Å². The van der Waals surface area contributed by atoms with Gasteiger partial charge >= 0.3 is 5.97 Å². The van der Waals surface area contributed by atoms with E-state index in [0.29, 0.717) is 4.47 Å². The van der Waals surface area contributed by atoms with Crippen LogP contribution in [0, 0.1) is 5.82 Å². The Hall–Kier alpha value is -2.02. The second-order valence-electron chi connectivity index (χ2n) is 3.41. The van der Waals surface area contributed by atoms with Crippen molar-refractivity contribution >= 4 is 21.9 Å². The van der Waals surface area contributed by atoms with Crippen LogP contribution in [0.3, 0.4) is 0 Å². The summed E-state index contributed by atoms with van der Waals surface area (Å²) in [6.45, 7) is 0. The van der Waals surface area contributed by atoms with Gasteiger partial charge < -0.3 is 9.47 Å². The Labute approximate surface area is 116 Å². The number of nitrogens with zero attached hydrogens (tertiary/aromatic N) is 2. The van der Waals surface area contributed by atoms with Crippen LogP contribution in [-0.4, -0.2) is 23.0 Å². The normalized spacial score (nSPS) is 10.1. The van der Waals surface area contributed by atoms with Crippen LogP contribution >= 0.6 is 15.9 Å². The minimum atomic E-state index is -0.644. The molecule has 1 aromatic heterocycles. The fourth-order valence-electron chi connectivity index (χ4n) is 1.27. The average Bonchev–Trinajstić information content (AvgIpc) is 2.41. The van der Waals surface area contributed by atoms with Gasteiger partial charge in [-0.3, -0.25) is 4.98 Å². The van der Waals surface area contributed by atoms with Gasteiger partial charge in [0.15, 0.2) is 17.3 Å². The maximum absolute atomic E-state index is 13.6. The molecule has 0 fully saturated rings. The van der Waals surface area contributed by atoms with Gasteiger partial charge in [0.25, 0.3) is 0 Å². The molecule has 0 unspecified atom stereocenters. The van der Waals surface area contributed by atoms with Crippen molar-refractivity contribution < 1.29 is 18.7 Å². The van der Waals surface area contributed by atoms with Crippen molar-refractivity contribution in [3.05, 3.63) is 46.6 Å². The first-order valence-electron chi connectivity index (χ1n) is 5.13. The summed E-state index contributed by atoms with van der Waals surface area (Å²) < 4.78 is 23.9. The van der Waals surface area contributed by atoms with Gasteiger partial charge in [0, 0.05) is 4.47 Å². The van der Waals surface area contributed by atoms with E-state index in [9.17, 15) is 9.18 Å². The molecule has 0 amide bonds. The minimum Gasteiger partial charge on any atom is -0.464 e. The maximum Gasteiger partial charge on any atom is 0.358 e. The Kier molecular flexibility index (Phi) is 4.06. The lowest BCUT2D eigenvalue weighted by atomic mass is 10.3. The summed E-state index contributed by atoms with van der Waals surface area (Å²) in [5.41, 5.74) is -0.0162. The number of carbonyl (C=O) groups excluding carboxylic acids is 1. The second kappa shape index (κ2) is 5.75. The number of esters is 1. The molecule has 0 aliphatic rings. The molecule has 0 aliphatic carbocycles. The number of methoxy groups -OCH3 is 1. The number of ether oxygens (including phenoxy) is 2. The van der Waals surface area contributed by atoms with Crippen LogP contribution in [0.4, 0.5) is 4.39 Å². The quantitative estimate of drug-likeness (QED) is 0.811. The van der Waals surface area contributed by atoms with Gasteiger partial charge in [-0.15, -0.1) is 0 Å². The zero-order valence-corrected chi connectivity index (χ0v) is 11.3. The molecule has 2 rings (SSSR count). The van der Waals surface area contributed by atoms with Gasteiger partial charge in [-0.1, -0.05) is 15.9 Å². The van der Waals surface area contributed by atoms with Crippen molar-refractivity contribution in [2.45, 2.75) is 0 Å². The molecule has 5 nitrogen and oxygen atoms in total. The maximum atomic E-state index is 13.6. The topological polar surface area (TPSA) is 61.3 Å². The summed E-state index contributed by atoms with van der Waals surface area (Å²) in [5, 5.41) is 0. The molecule has 2 aromatic rings. The van der Waals surface area contributed by atoms with Crippen molar-refractivity contribution in [3.8, 4) is 11.6 Å². The van der Waals surface area contributed by atoms with E-state index >= 15 is 0 Å². The van der Waals surface area contributed by atoms with E-state index in [0.717, 1.165) is 0 Å². The van der Waals surface area contributed by atoms with E-state index in [-0.39, 0.29) is 17.3 Å². The van der Waals surface area contributed by atoms with Crippen LogP contribution in [-0.2, 0) is 4.74 Å². The third-order valence-electron chi connectivity index (χ3n) is 2.12. The van der Waals surface area contributed by atoms with Crippen LogP contribution in [0.2, 0.25) is 0 Å². The molecule has 0 atom stereocenters. The zero-order chi connectivity index (χ0) is 13.8. The smallest absolute Gasteiger partial charge is 0.358 e. The number of halogens is 2. The van der Waals surface area contributed by atoms with Gasteiger partial charge in [-0.2, -0.15) is 0 Å². The van der Waals surface area contributed by atoms with E-state index < -0.39 is 11.8 Å². The molecular formula is C12H8BrFN2O3. The van der Waals surface area contributed by atoms with Gasteiger partial charge in [0.05, 0.1) is 19.5 Å². The molecular weight excluding hydrogens is 319 g/mol. The Morgan fingerprint density at radius 2 is 2.16 bits per heavy atom. The summed E-state index contributed by atoms with van der Waals surface area (Å²) in [6.07, 6.45) is 2.50. The van der Waals surface area contributed by atoms with Crippen LogP contribution in [0.15, 0.2) is 35.1 Å². The van der Waals surface area contributed by atoms with Crippen LogP contribution < -0.4 is 4.74 Å². The van der Waals surface area contributed by atoms with E-state index in [4.69, 9.17) is 4.74 Å². The van der Waals surface area contributed by atoms with E-state index in [1.807, 2.05) is 0 Å². The molecule has 98 valence electrons. The summed E-state index contributed by atoms with van der Waals surface area (Å²) >= 11 is 3.14. The molecule has 1 heterocycles. The molecule has 0 spiro atoms. The minimum absolute atomic E-state index is 0.00382. The third-order valence-corrected chi connectivity index (χ3v) is 2.61. The predicted molar refractivity (Wildman–Crippen MR) is 67.5 cm³/mol. The lowest BCUT2D eigenvalue weighted by molar-refractivity contribution is 0.0592. The highest BCUT2D eigenvalue weighted by atomic mass is 79.9. The number of hydrogen-bond acceptors (Lipinski definition) is 5. The first kappa shape index (κ1) is 13.4. The Balaban J connectivity index is 2.26. The van der Waals surface area contributed by atoms with E-state index in [1.165, 1.54) is 31.6 Å². The standard InChI is InChI=1S/C12H8BrFN2O3/c1-18-12(17)9-5-15-6-11(16-9)19-10-3-2-7(13)4-8(10)14/h2-6H,1H3. The first-order chi connectivity index (χ1) is 9.10. The zero-order valence-electron chi connectivity index (χ0n) is 9.76. The monoisotopic (exact) mass is 326 g/mol. The highest BCUT2D eigenvalue weighted by molar-refractivity contribution is 9.10. The molecule has 0 N–H and O–H groups in total. The summed E-state index contributed by atoms with van der Waals surface area (Å²) in [5.74, 6) is -1.21. The molecule has 19 heavy (non-hydrogen) atoms. The van der Waals surface area contributed by atoms with Gasteiger partial charge in [-0.25, -0.2) is 14.2 Å². The lowest BCUT2D eigenvalue weighted by Gasteiger charge is -2.06. The molecule has 0 saturated heterocycles. The summed E-state index contributed by atoms with van der Waals surface area (Å²) in [6, 6.07) is 4.31. The van der Waals surface area contributed by atoms with Crippen LogP contribution in [0.25, 0.3) is 0 Å².